The molecule has 1 fully saturated rings. The summed E-state index contributed by atoms with van der Waals surface area (Å²) in [6, 6.07) is 10.1. The Morgan fingerprint density at radius 2 is 1.90 bits per heavy atom. The van der Waals surface area contributed by atoms with Crippen molar-refractivity contribution in [1.82, 2.24) is 15.6 Å². The molecule has 1 saturated heterocycles. The molecule has 1 aliphatic heterocycles. The van der Waals surface area contributed by atoms with Gasteiger partial charge in [0.05, 0.1) is 4.92 Å². The SMILES string of the molecule is CC(=O)N[C@@H](Cc1ccc(C)cc1)C(=O)NC1CCN(c2ncccc2[N+](=O)[O-])CC1. The van der Waals surface area contributed by atoms with Gasteiger partial charge in [-0.3, -0.25) is 19.7 Å². The zero-order chi connectivity index (χ0) is 22.4. The van der Waals surface area contributed by atoms with Crippen LogP contribution in [0.2, 0.25) is 0 Å². The standard InChI is InChI=1S/C22H27N5O4/c1-15-5-7-17(8-6-15)14-19(24-16(2)28)22(29)25-18-9-12-26(13-10-18)21-20(27(30)31)4-3-11-23-21/h3-8,11,18-19H,9-10,12-14H2,1-2H3,(H,24,28)(H,25,29)/t19-/m0/s1. The fourth-order valence-corrected chi connectivity index (χ4v) is 3.73. The Morgan fingerprint density at radius 3 is 2.52 bits per heavy atom. The predicted molar refractivity (Wildman–Crippen MR) is 117 cm³/mol. The van der Waals surface area contributed by atoms with Crippen LogP contribution >= 0.6 is 0 Å². The fourth-order valence-electron chi connectivity index (χ4n) is 3.73. The van der Waals surface area contributed by atoms with Crippen LogP contribution in [-0.2, 0) is 16.0 Å². The van der Waals surface area contributed by atoms with Gasteiger partial charge in [-0.1, -0.05) is 29.8 Å². The molecule has 1 atom stereocenters. The Morgan fingerprint density at radius 1 is 1.23 bits per heavy atom. The summed E-state index contributed by atoms with van der Waals surface area (Å²) in [6.07, 6.45) is 3.22. The first-order valence-electron chi connectivity index (χ1n) is 10.3. The molecule has 9 nitrogen and oxygen atoms in total. The van der Waals surface area contributed by atoms with Crippen molar-refractivity contribution in [3.05, 3.63) is 63.8 Å². The van der Waals surface area contributed by atoms with E-state index < -0.39 is 11.0 Å². The third-order valence-corrected chi connectivity index (χ3v) is 5.36. The van der Waals surface area contributed by atoms with E-state index in [1.165, 1.54) is 13.0 Å². The third kappa shape index (κ3) is 6.00. The summed E-state index contributed by atoms with van der Waals surface area (Å²) in [5.41, 5.74) is 2.08. The van der Waals surface area contributed by atoms with Gasteiger partial charge in [0.2, 0.25) is 17.6 Å². The summed E-state index contributed by atoms with van der Waals surface area (Å²) in [4.78, 5) is 41.4. The van der Waals surface area contributed by atoms with Crippen LogP contribution < -0.4 is 15.5 Å². The summed E-state index contributed by atoms with van der Waals surface area (Å²) in [5, 5.41) is 17.0. The number of rotatable bonds is 7. The predicted octanol–water partition coefficient (Wildman–Crippen LogP) is 2.13. The van der Waals surface area contributed by atoms with E-state index in [0.29, 0.717) is 38.2 Å². The number of nitrogens with one attached hydrogen (secondary N) is 2. The molecule has 0 unspecified atom stereocenters. The van der Waals surface area contributed by atoms with Crippen LogP contribution in [0.25, 0.3) is 0 Å². The quantitative estimate of drug-likeness (QED) is 0.518. The number of nitrogens with zero attached hydrogens (tertiary/aromatic N) is 3. The van der Waals surface area contributed by atoms with Crippen molar-refractivity contribution in [3.8, 4) is 0 Å². The molecule has 0 bridgehead atoms. The second kappa shape index (κ2) is 10.0. The van der Waals surface area contributed by atoms with Crippen molar-refractivity contribution in [2.75, 3.05) is 18.0 Å². The van der Waals surface area contributed by atoms with E-state index in [-0.39, 0.29) is 23.5 Å². The van der Waals surface area contributed by atoms with Crippen molar-refractivity contribution < 1.29 is 14.5 Å². The molecule has 1 aliphatic rings. The normalized spacial score (nSPS) is 15.2. The summed E-state index contributed by atoms with van der Waals surface area (Å²) in [5.74, 6) is -0.129. The molecule has 1 aromatic heterocycles. The van der Waals surface area contributed by atoms with E-state index in [9.17, 15) is 19.7 Å². The number of hydrogen-bond acceptors (Lipinski definition) is 6. The first-order chi connectivity index (χ1) is 14.8. The van der Waals surface area contributed by atoms with Crippen molar-refractivity contribution in [2.24, 2.45) is 0 Å². The van der Waals surface area contributed by atoms with Gasteiger partial charge in [-0.05, 0) is 31.4 Å². The summed E-state index contributed by atoms with van der Waals surface area (Å²) >= 11 is 0. The zero-order valence-electron chi connectivity index (χ0n) is 17.7. The smallest absolute Gasteiger partial charge is 0.311 e. The summed E-state index contributed by atoms with van der Waals surface area (Å²) < 4.78 is 0. The van der Waals surface area contributed by atoms with Crippen LogP contribution in [0, 0.1) is 17.0 Å². The van der Waals surface area contributed by atoms with Gasteiger partial charge in [0, 0.05) is 44.7 Å². The van der Waals surface area contributed by atoms with Gasteiger partial charge in [0.15, 0.2) is 0 Å². The molecule has 0 spiro atoms. The molecular weight excluding hydrogens is 398 g/mol. The van der Waals surface area contributed by atoms with Crippen molar-refractivity contribution >= 4 is 23.3 Å². The molecule has 2 N–H and O–H groups in total. The largest absolute Gasteiger partial charge is 0.351 e. The van der Waals surface area contributed by atoms with Gasteiger partial charge in [-0.2, -0.15) is 0 Å². The topological polar surface area (TPSA) is 117 Å². The number of nitro groups is 1. The van der Waals surface area contributed by atoms with E-state index in [2.05, 4.69) is 15.6 Å². The first kappa shape index (κ1) is 22.2. The van der Waals surface area contributed by atoms with Gasteiger partial charge >= 0.3 is 5.69 Å². The number of aromatic nitrogens is 1. The minimum atomic E-state index is -0.657. The van der Waals surface area contributed by atoms with Gasteiger partial charge < -0.3 is 15.5 Å². The summed E-state index contributed by atoms with van der Waals surface area (Å²) in [7, 11) is 0. The highest BCUT2D eigenvalue weighted by atomic mass is 16.6. The number of piperidine rings is 1. The summed E-state index contributed by atoms with van der Waals surface area (Å²) in [6.45, 7) is 4.48. The lowest BCUT2D eigenvalue weighted by atomic mass is 10.0. The zero-order valence-corrected chi connectivity index (χ0v) is 17.7. The van der Waals surface area contributed by atoms with E-state index in [1.54, 1.807) is 12.3 Å². The molecule has 31 heavy (non-hydrogen) atoms. The molecule has 9 heteroatoms. The number of carbonyl (C=O) groups is 2. The number of pyridine rings is 1. The van der Waals surface area contributed by atoms with Gasteiger partial charge in [-0.25, -0.2) is 4.98 Å². The van der Waals surface area contributed by atoms with Crippen molar-refractivity contribution in [2.45, 2.75) is 45.2 Å². The maximum atomic E-state index is 12.9. The lowest BCUT2D eigenvalue weighted by Gasteiger charge is -2.33. The monoisotopic (exact) mass is 425 g/mol. The van der Waals surface area contributed by atoms with E-state index in [4.69, 9.17) is 0 Å². The number of amides is 2. The molecule has 2 heterocycles. The number of carbonyl (C=O) groups excluding carboxylic acids is 2. The molecule has 2 amide bonds. The van der Waals surface area contributed by atoms with Gasteiger partial charge in [0.1, 0.15) is 6.04 Å². The van der Waals surface area contributed by atoms with Crippen LogP contribution in [0.1, 0.15) is 30.9 Å². The Kier molecular flexibility index (Phi) is 7.17. The van der Waals surface area contributed by atoms with Crippen molar-refractivity contribution in [1.29, 1.82) is 0 Å². The second-order valence-corrected chi connectivity index (χ2v) is 7.82. The fraction of sp³-hybridized carbons (Fsp3) is 0.409. The van der Waals surface area contributed by atoms with Crippen LogP contribution in [0.5, 0.6) is 0 Å². The molecule has 2 aromatic rings. The highest BCUT2D eigenvalue weighted by Crippen LogP contribution is 2.27. The average Bonchev–Trinajstić information content (AvgIpc) is 2.75. The highest BCUT2D eigenvalue weighted by molar-refractivity contribution is 5.87. The van der Waals surface area contributed by atoms with Crippen LogP contribution in [-0.4, -0.2) is 46.9 Å². The maximum absolute atomic E-state index is 12.9. The first-order valence-corrected chi connectivity index (χ1v) is 10.3. The number of aryl methyl sites for hydroxylation is 1. The Bertz CT molecular complexity index is 939. The van der Waals surface area contributed by atoms with Gasteiger partial charge in [-0.15, -0.1) is 0 Å². The minimum Gasteiger partial charge on any atom is -0.351 e. The molecule has 0 radical (unpaired) electrons. The van der Waals surface area contributed by atoms with E-state index in [0.717, 1.165) is 11.1 Å². The minimum absolute atomic E-state index is 0.0196. The molecule has 0 saturated carbocycles. The van der Waals surface area contributed by atoms with Crippen molar-refractivity contribution in [3.63, 3.8) is 0 Å². The molecule has 1 aromatic carbocycles. The molecule has 164 valence electrons. The Labute approximate surface area is 181 Å². The number of benzene rings is 1. The Balaban J connectivity index is 1.60. The molecule has 0 aliphatic carbocycles. The number of anilines is 1. The van der Waals surface area contributed by atoms with E-state index in [1.807, 2.05) is 36.1 Å². The number of hydrogen-bond donors (Lipinski definition) is 2. The lowest BCUT2D eigenvalue weighted by molar-refractivity contribution is -0.384. The lowest BCUT2D eigenvalue weighted by Crippen LogP contribution is -2.52. The van der Waals surface area contributed by atoms with Crippen LogP contribution in [0.3, 0.4) is 0 Å². The third-order valence-electron chi connectivity index (χ3n) is 5.36. The van der Waals surface area contributed by atoms with Gasteiger partial charge in [0.25, 0.3) is 0 Å². The average molecular weight is 425 g/mol. The second-order valence-electron chi connectivity index (χ2n) is 7.82. The van der Waals surface area contributed by atoms with E-state index >= 15 is 0 Å². The van der Waals surface area contributed by atoms with Crippen LogP contribution in [0.15, 0.2) is 42.6 Å². The molecular formula is C22H27N5O4. The Hall–Kier alpha value is -3.49. The highest BCUT2D eigenvalue weighted by Gasteiger charge is 2.28. The molecule has 3 rings (SSSR count). The maximum Gasteiger partial charge on any atom is 0.311 e. The van der Waals surface area contributed by atoms with Crippen LogP contribution in [0.4, 0.5) is 11.5 Å².